The number of hydrogen-bond acceptors (Lipinski definition) is 4. The largest absolute Gasteiger partial charge is 0.369 e. The van der Waals surface area contributed by atoms with E-state index in [1.54, 1.807) is 6.07 Å². The van der Waals surface area contributed by atoms with E-state index in [4.69, 9.17) is 0 Å². The third-order valence-electron chi connectivity index (χ3n) is 3.03. The Kier molecular flexibility index (Phi) is 4.12. The zero-order valence-corrected chi connectivity index (χ0v) is 11.0. The molecule has 1 N–H and O–H groups in total. The topological polar surface area (TPSA) is 58.1 Å². The van der Waals surface area contributed by atoms with E-state index in [2.05, 4.69) is 22.4 Å². The summed E-state index contributed by atoms with van der Waals surface area (Å²) in [7, 11) is 0. The molecule has 1 amide bonds. The normalized spacial score (nSPS) is 14.3. The quantitative estimate of drug-likeness (QED) is 0.835. The van der Waals surface area contributed by atoms with Gasteiger partial charge in [-0.05, 0) is 38.3 Å². The maximum atomic E-state index is 12.2. The molecule has 1 aromatic rings. The second-order valence-corrected chi connectivity index (χ2v) is 4.55. The van der Waals surface area contributed by atoms with Crippen LogP contribution in [0.5, 0.6) is 0 Å². The highest BCUT2D eigenvalue weighted by atomic mass is 16.2. The van der Waals surface area contributed by atoms with Gasteiger partial charge in [0.05, 0.1) is 0 Å². The Morgan fingerprint density at radius 2 is 2.17 bits per heavy atom. The highest BCUT2D eigenvalue weighted by Crippen LogP contribution is 2.27. The van der Waals surface area contributed by atoms with Gasteiger partial charge in [0, 0.05) is 19.1 Å². The lowest BCUT2D eigenvalue weighted by atomic mass is 10.3. The minimum absolute atomic E-state index is 0.00505. The summed E-state index contributed by atoms with van der Waals surface area (Å²) in [5, 5.41) is 11.2. The molecule has 98 valence electrons. The van der Waals surface area contributed by atoms with Crippen molar-refractivity contribution in [2.45, 2.75) is 39.2 Å². The van der Waals surface area contributed by atoms with E-state index < -0.39 is 0 Å². The molecule has 0 saturated heterocycles. The molecule has 0 aliphatic heterocycles. The van der Waals surface area contributed by atoms with E-state index in [-0.39, 0.29) is 5.91 Å². The third-order valence-corrected chi connectivity index (χ3v) is 3.03. The minimum atomic E-state index is -0.00505. The van der Waals surface area contributed by atoms with Gasteiger partial charge in [-0.15, -0.1) is 10.2 Å². The Hall–Kier alpha value is -1.65. The first-order chi connectivity index (χ1) is 8.76. The van der Waals surface area contributed by atoms with E-state index >= 15 is 0 Å². The first kappa shape index (κ1) is 12.8. The van der Waals surface area contributed by atoms with Crippen LogP contribution in [-0.2, 0) is 0 Å². The number of hydrogen-bond donors (Lipinski definition) is 1. The average molecular weight is 248 g/mol. The molecule has 2 rings (SSSR count). The van der Waals surface area contributed by atoms with Gasteiger partial charge in [0.15, 0.2) is 5.69 Å². The SMILES string of the molecule is CCCNc1ccc(C(=O)N(CC)C2CC2)nn1. The summed E-state index contributed by atoms with van der Waals surface area (Å²) >= 11 is 0. The van der Waals surface area contributed by atoms with Crippen LogP contribution in [0.15, 0.2) is 12.1 Å². The Bertz CT molecular complexity index is 400. The van der Waals surface area contributed by atoms with E-state index in [0.29, 0.717) is 11.7 Å². The van der Waals surface area contributed by atoms with Crippen LogP contribution in [-0.4, -0.2) is 40.1 Å². The molecule has 5 nitrogen and oxygen atoms in total. The molecule has 1 fully saturated rings. The molecule has 1 saturated carbocycles. The number of carbonyl (C=O) groups excluding carboxylic acids is 1. The molecule has 0 unspecified atom stereocenters. The Morgan fingerprint density at radius 3 is 2.67 bits per heavy atom. The summed E-state index contributed by atoms with van der Waals surface area (Å²) < 4.78 is 0. The summed E-state index contributed by atoms with van der Waals surface area (Å²) in [5.74, 6) is 0.720. The number of rotatable bonds is 6. The number of nitrogens with one attached hydrogen (secondary N) is 1. The number of amides is 1. The van der Waals surface area contributed by atoms with Crippen molar-refractivity contribution in [3.05, 3.63) is 17.8 Å². The molecule has 0 atom stereocenters. The van der Waals surface area contributed by atoms with Gasteiger partial charge in [0.1, 0.15) is 5.82 Å². The van der Waals surface area contributed by atoms with Gasteiger partial charge in [0.2, 0.25) is 0 Å². The maximum absolute atomic E-state index is 12.2. The van der Waals surface area contributed by atoms with Crippen LogP contribution in [0.2, 0.25) is 0 Å². The van der Waals surface area contributed by atoms with Gasteiger partial charge in [-0.2, -0.15) is 0 Å². The lowest BCUT2D eigenvalue weighted by molar-refractivity contribution is 0.0745. The average Bonchev–Trinajstić information content (AvgIpc) is 3.22. The molecule has 0 bridgehead atoms. The smallest absolute Gasteiger partial charge is 0.274 e. The first-order valence-corrected chi connectivity index (χ1v) is 6.64. The standard InChI is InChI=1S/C13H20N4O/c1-3-9-14-12-8-7-11(15-16-12)13(18)17(4-2)10-5-6-10/h7-8,10H,3-6,9H2,1-2H3,(H,14,16). The van der Waals surface area contributed by atoms with Crippen LogP contribution < -0.4 is 5.32 Å². The van der Waals surface area contributed by atoms with Crippen LogP contribution >= 0.6 is 0 Å². The van der Waals surface area contributed by atoms with E-state index in [0.717, 1.165) is 38.2 Å². The number of carbonyl (C=O) groups is 1. The maximum Gasteiger partial charge on any atom is 0.274 e. The van der Waals surface area contributed by atoms with Crippen molar-refractivity contribution in [2.24, 2.45) is 0 Å². The number of anilines is 1. The molecular weight excluding hydrogens is 228 g/mol. The second-order valence-electron chi connectivity index (χ2n) is 4.55. The summed E-state index contributed by atoms with van der Waals surface area (Å²) in [6.07, 6.45) is 3.26. The highest BCUT2D eigenvalue weighted by Gasteiger charge is 2.32. The van der Waals surface area contributed by atoms with Crippen molar-refractivity contribution in [3.63, 3.8) is 0 Å². The monoisotopic (exact) mass is 248 g/mol. The predicted octanol–water partition coefficient (Wildman–Crippen LogP) is 1.92. The van der Waals surface area contributed by atoms with E-state index in [1.807, 2.05) is 17.9 Å². The molecule has 18 heavy (non-hydrogen) atoms. The third kappa shape index (κ3) is 2.97. The lowest BCUT2D eigenvalue weighted by Gasteiger charge is -2.19. The fraction of sp³-hybridized carbons (Fsp3) is 0.615. The predicted molar refractivity (Wildman–Crippen MR) is 70.5 cm³/mol. The summed E-state index contributed by atoms with van der Waals surface area (Å²) in [6, 6.07) is 3.98. The lowest BCUT2D eigenvalue weighted by Crippen LogP contribution is -2.33. The molecule has 1 aliphatic rings. The Morgan fingerprint density at radius 1 is 1.39 bits per heavy atom. The van der Waals surface area contributed by atoms with Crippen molar-refractivity contribution in [1.82, 2.24) is 15.1 Å². The molecule has 0 aromatic carbocycles. The van der Waals surface area contributed by atoms with Crippen molar-refractivity contribution in [1.29, 1.82) is 0 Å². The van der Waals surface area contributed by atoms with Crippen LogP contribution in [0.4, 0.5) is 5.82 Å². The van der Waals surface area contributed by atoms with Crippen LogP contribution in [0.25, 0.3) is 0 Å². The fourth-order valence-electron chi connectivity index (χ4n) is 1.89. The number of aromatic nitrogens is 2. The van der Waals surface area contributed by atoms with Crippen molar-refractivity contribution < 1.29 is 4.79 Å². The van der Waals surface area contributed by atoms with Crippen molar-refractivity contribution in [2.75, 3.05) is 18.4 Å². The molecule has 0 spiro atoms. The van der Waals surface area contributed by atoms with Gasteiger partial charge in [-0.3, -0.25) is 4.79 Å². The van der Waals surface area contributed by atoms with Gasteiger partial charge >= 0.3 is 0 Å². The molecule has 1 heterocycles. The zero-order valence-electron chi connectivity index (χ0n) is 11.0. The first-order valence-electron chi connectivity index (χ1n) is 6.64. The van der Waals surface area contributed by atoms with Gasteiger partial charge in [-0.1, -0.05) is 6.92 Å². The second kappa shape index (κ2) is 5.80. The van der Waals surface area contributed by atoms with Gasteiger partial charge < -0.3 is 10.2 Å². The molecule has 1 aromatic heterocycles. The van der Waals surface area contributed by atoms with Gasteiger partial charge in [0.25, 0.3) is 5.91 Å². The summed E-state index contributed by atoms with van der Waals surface area (Å²) in [4.78, 5) is 14.1. The van der Waals surface area contributed by atoms with Crippen LogP contribution in [0.1, 0.15) is 43.6 Å². The molecular formula is C13H20N4O. The van der Waals surface area contributed by atoms with Crippen molar-refractivity contribution >= 4 is 11.7 Å². The Labute approximate surface area is 108 Å². The minimum Gasteiger partial charge on any atom is -0.369 e. The summed E-state index contributed by atoms with van der Waals surface area (Å²) in [6.45, 7) is 5.69. The Balaban J connectivity index is 2.01. The van der Waals surface area contributed by atoms with E-state index in [1.165, 1.54) is 0 Å². The molecule has 5 heteroatoms. The highest BCUT2D eigenvalue weighted by molar-refractivity contribution is 5.92. The van der Waals surface area contributed by atoms with E-state index in [9.17, 15) is 4.79 Å². The summed E-state index contributed by atoms with van der Waals surface area (Å²) in [5.41, 5.74) is 0.436. The van der Waals surface area contributed by atoms with Crippen LogP contribution in [0, 0.1) is 0 Å². The molecule has 0 radical (unpaired) electrons. The number of nitrogens with zero attached hydrogens (tertiary/aromatic N) is 3. The van der Waals surface area contributed by atoms with Crippen LogP contribution in [0.3, 0.4) is 0 Å². The zero-order chi connectivity index (χ0) is 13.0. The molecule has 1 aliphatic carbocycles. The van der Waals surface area contributed by atoms with Gasteiger partial charge in [-0.25, -0.2) is 0 Å². The van der Waals surface area contributed by atoms with Crippen molar-refractivity contribution in [3.8, 4) is 0 Å². The fourth-order valence-corrected chi connectivity index (χ4v) is 1.89.